The van der Waals surface area contributed by atoms with Gasteiger partial charge in [-0.15, -0.1) is 0 Å². The van der Waals surface area contributed by atoms with Crippen LogP contribution in [0.3, 0.4) is 0 Å². The molecular weight excluding hydrogens is 343 g/mol. The van der Waals surface area contributed by atoms with Gasteiger partial charge in [0.15, 0.2) is 0 Å². The van der Waals surface area contributed by atoms with E-state index in [4.69, 9.17) is 5.11 Å². The predicted octanol–water partition coefficient (Wildman–Crippen LogP) is 4.25. The largest absolute Gasteiger partial charge is 0.478 e. The summed E-state index contributed by atoms with van der Waals surface area (Å²) in [7, 11) is -2.20. The number of aromatic carboxylic acids is 1. The highest BCUT2D eigenvalue weighted by Gasteiger charge is 2.60. The van der Waals surface area contributed by atoms with Crippen molar-refractivity contribution in [3.63, 3.8) is 0 Å². The van der Waals surface area contributed by atoms with Gasteiger partial charge in [-0.05, 0) is 25.0 Å². The van der Waals surface area contributed by atoms with Gasteiger partial charge in [-0.1, -0.05) is 19.9 Å². The maximum Gasteiger partial charge on any atom is 0.458 e. The average Bonchev–Trinajstić information content (AvgIpc) is 2.43. The Bertz CT molecular complexity index is 640. The lowest BCUT2D eigenvalue weighted by Crippen LogP contribution is -2.35. The first-order valence-electron chi connectivity index (χ1n) is 6.58. The van der Waals surface area contributed by atoms with Crippen LogP contribution in [0.1, 0.15) is 41.8 Å². The average molecular weight is 358 g/mol. The summed E-state index contributed by atoms with van der Waals surface area (Å²) in [6.45, 7) is 4.11. The van der Waals surface area contributed by atoms with E-state index in [1.807, 2.05) is 0 Å². The molecule has 130 valence electrons. The van der Waals surface area contributed by atoms with E-state index < -0.39 is 50.1 Å². The second-order valence-corrected chi connectivity index (χ2v) is 6.82. The number of carbonyl (C=O) groups is 1. The minimum atomic E-state index is -5.88. The first-order valence-corrected chi connectivity index (χ1v) is 7.80. The summed E-state index contributed by atoms with van der Waals surface area (Å²) < 4.78 is 77.9. The molecule has 1 N–H and O–H groups in total. The minimum Gasteiger partial charge on any atom is -0.478 e. The van der Waals surface area contributed by atoms with Crippen LogP contribution in [0.2, 0.25) is 0 Å². The Kier molecular flexibility index (Phi) is 5.56. The zero-order valence-corrected chi connectivity index (χ0v) is 13.3. The van der Waals surface area contributed by atoms with Gasteiger partial charge in [0, 0.05) is 10.8 Å². The molecule has 0 aliphatic carbocycles. The highest BCUT2D eigenvalue weighted by atomic mass is 32.2. The van der Waals surface area contributed by atoms with Crippen LogP contribution in [0.4, 0.5) is 22.0 Å². The summed E-state index contributed by atoms with van der Waals surface area (Å²) in [5.74, 6) is -6.72. The van der Waals surface area contributed by atoms with Crippen LogP contribution in [0, 0.1) is 6.92 Å². The van der Waals surface area contributed by atoms with Crippen LogP contribution in [0.15, 0.2) is 17.0 Å². The highest BCUT2D eigenvalue weighted by Crippen LogP contribution is 2.47. The molecule has 0 bridgehead atoms. The van der Waals surface area contributed by atoms with Crippen LogP contribution in [0.5, 0.6) is 0 Å². The number of alkyl halides is 5. The van der Waals surface area contributed by atoms with Crippen LogP contribution in [-0.2, 0) is 16.7 Å². The fourth-order valence-electron chi connectivity index (χ4n) is 1.94. The topological polar surface area (TPSA) is 54.4 Å². The molecule has 1 rings (SSSR count). The van der Waals surface area contributed by atoms with Crippen LogP contribution in [-0.4, -0.2) is 26.7 Å². The molecule has 0 aliphatic rings. The Balaban J connectivity index is 3.76. The van der Waals surface area contributed by atoms with Crippen molar-refractivity contribution in [2.45, 2.75) is 49.4 Å². The molecule has 0 spiro atoms. The van der Waals surface area contributed by atoms with E-state index in [-0.39, 0.29) is 12.0 Å². The monoisotopic (exact) mass is 358 g/mol. The zero-order valence-electron chi connectivity index (χ0n) is 12.5. The van der Waals surface area contributed by atoms with Crippen molar-refractivity contribution < 1.29 is 36.1 Å². The molecule has 23 heavy (non-hydrogen) atoms. The highest BCUT2D eigenvalue weighted by molar-refractivity contribution is 7.85. The van der Waals surface area contributed by atoms with Crippen molar-refractivity contribution >= 4 is 16.8 Å². The summed E-state index contributed by atoms with van der Waals surface area (Å²) in [6.07, 6.45) is -5.61. The molecule has 9 heteroatoms. The van der Waals surface area contributed by atoms with Gasteiger partial charge in [0.1, 0.15) is 0 Å². The molecule has 3 nitrogen and oxygen atoms in total. The van der Waals surface area contributed by atoms with E-state index in [0.29, 0.717) is 12.1 Å². The van der Waals surface area contributed by atoms with E-state index >= 15 is 0 Å². The van der Waals surface area contributed by atoms with Gasteiger partial charge in [-0.2, -0.15) is 22.0 Å². The van der Waals surface area contributed by atoms with E-state index in [9.17, 15) is 31.0 Å². The molecule has 0 radical (unpaired) electrons. The number of hydrogen-bond acceptors (Lipinski definition) is 2. The normalized spacial score (nSPS) is 15.3. The third-order valence-corrected chi connectivity index (χ3v) is 5.46. The van der Waals surface area contributed by atoms with Crippen LogP contribution in [0.25, 0.3) is 0 Å². The van der Waals surface area contributed by atoms with Gasteiger partial charge in [0.2, 0.25) is 0 Å². The number of carboxylic acid groups (broad SMARTS) is 1. The molecule has 0 saturated heterocycles. The van der Waals surface area contributed by atoms with E-state index in [0.717, 1.165) is 6.92 Å². The van der Waals surface area contributed by atoms with E-state index in [2.05, 4.69) is 0 Å². The molecule has 2 atom stereocenters. The van der Waals surface area contributed by atoms with Crippen molar-refractivity contribution in [1.82, 2.24) is 0 Å². The maximum absolute atomic E-state index is 13.8. The SMILES string of the molecule is CC[C@H](C)[S@@](=O)c1c(C(F)(F)C(F)(F)F)ccc(C(=O)O)c1C. The molecule has 0 heterocycles. The predicted molar refractivity (Wildman–Crippen MR) is 74.2 cm³/mol. The maximum atomic E-state index is 13.8. The van der Waals surface area contributed by atoms with Crippen molar-refractivity contribution in [3.8, 4) is 0 Å². The molecule has 0 aromatic heterocycles. The van der Waals surface area contributed by atoms with Crippen molar-refractivity contribution in [1.29, 1.82) is 0 Å². The van der Waals surface area contributed by atoms with Crippen LogP contribution >= 0.6 is 0 Å². The van der Waals surface area contributed by atoms with Crippen molar-refractivity contribution in [2.75, 3.05) is 0 Å². The van der Waals surface area contributed by atoms with Gasteiger partial charge in [-0.25, -0.2) is 4.79 Å². The Morgan fingerprint density at radius 1 is 1.26 bits per heavy atom. The summed E-state index contributed by atoms with van der Waals surface area (Å²) in [5, 5.41) is 8.30. The van der Waals surface area contributed by atoms with Crippen molar-refractivity contribution in [3.05, 3.63) is 28.8 Å². The Morgan fingerprint density at radius 2 is 1.78 bits per heavy atom. The molecule has 1 aromatic carbocycles. The molecule has 0 aliphatic heterocycles. The molecule has 0 unspecified atom stereocenters. The second-order valence-electron chi connectivity index (χ2n) is 5.01. The van der Waals surface area contributed by atoms with E-state index in [1.165, 1.54) is 6.92 Å². The molecule has 0 saturated carbocycles. The molecular formula is C14H15F5O3S. The second kappa shape index (κ2) is 6.54. The molecule has 0 fully saturated rings. The third-order valence-electron chi connectivity index (χ3n) is 3.47. The fourth-order valence-corrected chi connectivity index (χ4v) is 3.46. The number of carboxylic acids is 1. The zero-order chi connectivity index (χ0) is 18.2. The third kappa shape index (κ3) is 3.54. The van der Waals surface area contributed by atoms with E-state index in [1.54, 1.807) is 6.92 Å². The van der Waals surface area contributed by atoms with Gasteiger partial charge >= 0.3 is 18.1 Å². The summed E-state index contributed by atoms with van der Waals surface area (Å²) in [6, 6.07) is 1.06. The van der Waals surface area contributed by atoms with Gasteiger partial charge < -0.3 is 5.11 Å². The lowest BCUT2D eigenvalue weighted by atomic mass is 10.0. The summed E-state index contributed by atoms with van der Waals surface area (Å²) >= 11 is 0. The van der Waals surface area contributed by atoms with Crippen LogP contribution < -0.4 is 0 Å². The van der Waals surface area contributed by atoms with Crippen molar-refractivity contribution in [2.24, 2.45) is 0 Å². The number of hydrogen-bond donors (Lipinski definition) is 1. The standard InChI is InChI=1S/C14H15F5O3S/c1-4-7(2)23(22)11-8(3)9(12(20)21)5-6-10(11)13(15,16)14(17,18)19/h5-7H,4H2,1-3H3,(H,20,21)/t7-,23+/m0/s1. The number of rotatable bonds is 5. The van der Waals surface area contributed by atoms with Gasteiger partial charge in [-0.3, -0.25) is 4.21 Å². The fraction of sp³-hybridized carbons (Fsp3) is 0.500. The summed E-state index contributed by atoms with van der Waals surface area (Å²) in [5.41, 5.74) is -2.28. The number of halogens is 5. The molecule has 1 aromatic rings. The lowest BCUT2D eigenvalue weighted by Gasteiger charge is -2.25. The quantitative estimate of drug-likeness (QED) is 0.801. The number of benzene rings is 1. The smallest absolute Gasteiger partial charge is 0.458 e. The first-order chi connectivity index (χ1) is 10.4. The molecule has 0 amide bonds. The Labute approximate surface area is 132 Å². The first kappa shape index (κ1) is 19.5. The van der Waals surface area contributed by atoms with Gasteiger partial charge in [0.05, 0.1) is 21.3 Å². The Hall–Kier alpha value is -1.51. The Morgan fingerprint density at radius 3 is 2.17 bits per heavy atom. The summed E-state index contributed by atoms with van der Waals surface area (Å²) in [4.78, 5) is 10.3. The lowest BCUT2D eigenvalue weighted by molar-refractivity contribution is -0.290. The van der Waals surface area contributed by atoms with Gasteiger partial charge in [0.25, 0.3) is 0 Å². The minimum absolute atomic E-state index is 0.264.